The average molecular weight is 557 g/mol. The van der Waals surface area contributed by atoms with Crippen LogP contribution in [0, 0.1) is 0 Å². The smallest absolute Gasteiger partial charge is 0.144 e. The molecule has 0 heterocycles. The van der Waals surface area contributed by atoms with Gasteiger partial charge in [0.1, 0.15) is 11.6 Å². The summed E-state index contributed by atoms with van der Waals surface area (Å²) in [5.41, 5.74) is 6.75. The van der Waals surface area contributed by atoms with E-state index < -0.39 is 0 Å². The van der Waals surface area contributed by atoms with E-state index in [9.17, 15) is 9.59 Å². The van der Waals surface area contributed by atoms with Crippen molar-refractivity contribution >= 4 is 11.6 Å². The molecule has 41 heavy (non-hydrogen) atoms. The van der Waals surface area contributed by atoms with E-state index in [1.54, 1.807) is 0 Å². The Kier molecular flexibility index (Phi) is 14.6. The van der Waals surface area contributed by atoms with Crippen molar-refractivity contribution in [2.24, 2.45) is 0 Å². The molecule has 0 N–H and O–H groups in total. The van der Waals surface area contributed by atoms with Crippen LogP contribution in [0.25, 0.3) is 11.1 Å². The minimum Gasteiger partial charge on any atom is -0.299 e. The zero-order valence-electron chi connectivity index (χ0n) is 26.3. The van der Waals surface area contributed by atoms with Gasteiger partial charge in [0, 0.05) is 18.3 Å². The third-order valence-corrected chi connectivity index (χ3v) is 9.16. The number of rotatable bonds is 23. The summed E-state index contributed by atoms with van der Waals surface area (Å²) in [4.78, 5) is 25.6. The highest BCUT2D eigenvalue weighted by Gasteiger charge is 2.42. The molecule has 0 saturated carbocycles. The number of carbonyl (C=O) groups excluding carboxylic acids is 2. The lowest BCUT2D eigenvalue weighted by molar-refractivity contribution is -0.126. The van der Waals surface area contributed by atoms with Crippen molar-refractivity contribution in [3.63, 3.8) is 0 Å². The van der Waals surface area contributed by atoms with Crippen LogP contribution in [0.4, 0.5) is 0 Å². The molecule has 2 nitrogen and oxygen atoms in total. The van der Waals surface area contributed by atoms with Crippen molar-refractivity contribution in [1.29, 1.82) is 0 Å². The molecule has 0 aromatic heterocycles. The summed E-state index contributed by atoms with van der Waals surface area (Å²) in [7, 11) is 0. The predicted molar refractivity (Wildman–Crippen MR) is 176 cm³/mol. The molecule has 2 aromatic rings. The van der Waals surface area contributed by atoms with Crippen molar-refractivity contribution in [3.05, 3.63) is 71.8 Å². The molecular weight excluding hydrogens is 500 g/mol. The predicted octanol–water partition coefficient (Wildman–Crippen LogP) is 11.3. The first-order chi connectivity index (χ1) is 20.1. The molecular formula is C39H56O2. The lowest BCUT2D eigenvalue weighted by atomic mass is 9.70. The number of allylic oxidation sites excluding steroid dienone is 1. The van der Waals surface area contributed by atoms with Crippen molar-refractivity contribution in [2.45, 2.75) is 148 Å². The first-order valence-electron chi connectivity index (χ1n) is 16.9. The van der Waals surface area contributed by atoms with Crippen LogP contribution in [0.3, 0.4) is 0 Å². The van der Waals surface area contributed by atoms with Crippen LogP contribution in [-0.2, 0) is 21.4 Å². The fraction of sp³-hybridized carbons (Fsp3) is 0.590. The molecule has 1 aliphatic rings. The molecule has 2 aromatic carbocycles. The molecule has 0 fully saturated rings. The minimum absolute atomic E-state index is 0.0357. The largest absolute Gasteiger partial charge is 0.299 e. The topological polar surface area (TPSA) is 34.1 Å². The number of Topliss-reactive ketones (excluding diaryl/α,β-unsaturated/α-hetero) is 2. The third-order valence-electron chi connectivity index (χ3n) is 9.16. The molecule has 0 amide bonds. The van der Waals surface area contributed by atoms with Crippen LogP contribution in [-0.4, -0.2) is 11.6 Å². The number of unbranched alkanes of at least 4 members (excludes halogenated alkanes) is 12. The van der Waals surface area contributed by atoms with Crippen molar-refractivity contribution in [2.75, 3.05) is 0 Å². The molecule has 2 heteroatoms. The fourth-order valence-electron chi connectivity index (χ4n) is 6.90. The van der Waals surface area contributed by atoms with E-state index in [1.165, 1.54) is 112 Å². The molecule has 0 atom stereocenters. The second-order valence-corrected chi connectivity index (χ2v) is 12.5. The van der Waals surface area contributed by atoms with Crippen LogP contribution in [0.1, 0.15) is 153 Å². The molecule has 0 spiro atoms. The second kappa shape index (κ2) is 18.1. The number of hydrogen-bond donors (Lipinski definition) is 0. The van der Waals surface area contributed by atoms with Gasteiger partial charge in [-0.15, -0.1) is 6.58 Å². The van der Waals surface area contributed by atoms with E-state index in [2.05, 4.69) is 62.9 Å². The number of carbonyl (C=O) groups is 2. The lowest BCUT2D eigenvalue weighted by Crippen LogP contribution is -2.26. The Morgan fingerprint density at radius 1 is 0.683 bits per heavy atom. The summed E-state index contributed by atoms with van der Waals surface area (Å²) in [6, 6.07) is 15.7. The molecule has 3 rings (SSSR count). The summed E-state index contributed by atoms with van der Waals surface area (Å²) < 4.78 is 0. The number of fused-ring (bicyclic) bond motifs is 3. The maximum Gasteiger partial charge on any atom is 0.144 e. The SMILES string of the molecule is C=CCCCCCCCCC(=O)CC(=O)Cc1ccc2c(c1)C(CCCCCC)(CCCCCC)c1ccccc1-2. The van der Waals surface area contributed by atoms with Crippen LogP contribution in [0.15, 0.2) is 55.1 Å². The van der Waals surface area contributed by atoms with Crippen LogP contribution in [0.5, 0.6) is 0 Å². The van der Waals surface area contributed by atoms with Crippen molar-refractivity contribution < 1.29 is 9.59 Å². The van der Waals surface area contributed by atoms with Gasteiger partial charge >= 0.3 is 0 Å². The van der Waals surface area contributed by atoms with Gasteiger partial charge in [-0.05, 0) is 59.9 Å². The Morgan fingerprint density at radius 2 is 1.29 bits per heavy atom. The van der Waals surface area contributed by atoms with E-state index in [-0.39, 0.29) is 23.4 Å². The van der Waals surface area contributed by atoms with Gasteiger partial charge in [0.05, 0.1) is 6.42 Å². The summed E-state index contributed by atoms with van der Waals surface area (Å²) in [5, 5.41) is 0. The number of hydrogen-bond acceptors (Lipinski definition) is 2. The highest BCUT2D eigenvalue weighted by Crippen LogP contribution is 2.54. The molecule has 1 aliphatic carbocycles. The molecule has 0 radical (unpaired) electrons. The summed E-state index contributed by atoms with van der Waals surface area (Å²) >= 11 is 0. The Hall–Kier alpha value is -2.48. The van der Waals surface area contributed by atoms with E-state index in [0.29, 0.717) is 12.8 Å². The van der Waals surface area contributed by atoms with Crippen LogP contribution >= 0.6 is 0 Å². The zero-order chi connectivity index (χ0) is 29.3. The zero-order valence-corrected chi connectivity index (χ0v) is 26.3. The van der Waals surface area contributed by atoms with Crippen LogP contribution in [0.2, 0.25) is 0 Å². The Labute approximate surface area is 251 Å². The third kappa shape index (κ3) is 9.79. The van der Waals surface area contributed by atoms with Crippen molar-refractivity contribution in [3.8, 4) is 11.1 Å². The van der Waals surface area contributed by atoms with Gasteiger partial charge < -0.3 is 0 Å². The van der Waals surface area contributed by atoms with E-state index in [0.717, 1.165) is 24.8 Å². The molecule has 224 valence electrons. The maximum atomic E-state index is 13.0. The quantitative estimate of drug-likeness (QED) is 0.0775. The fourth-order valence-corrected chi connectivity index (χ4v) is 6.90. The van der Waals surface area contributed by atoms with Gasteiger partial charge in [-0.25, -0.2) is 0 Å². The van der Waals surface area contributed by atoms with E-state index in [4.69, 9.17) is 0 Å². The summed E-state index contributed by atoms with van der Waals surface area (Å²) in [6.07, 6.45) is 23.4. The van der Waals surface area contributed by atoms with Gasteiger partial charge in [0.2, 0.25) is 0 Å². The van der Waals surface area contributed by atoms with Crippen LogP contribution < -0.4 is 0 Å². The van der Waals surface area contributed by atoms with Gasteiger partial charge in [-0.1, -0.05) is 139 Å². The number of ketones is 2. The summed E-state index contributed by atoms with van der Waals surface area (Å²) in [5.74, 6) is 0.169. The molecule has 0 unspecified atom stereocenters. The Morgan fingerprint density at radius 3 is 1.98 bits per heavy atom. The Bertz CT molecular complexity index is 1080. The normalized spacial score (nSPS) is 13.1. The summed E-state index contributed by atoms with van der Waals surface area (Å²) in [6.45, 7) is 8.33. The highest BCUT2D eigenvalue weighted by atomic mass is 16.1. The lowest BCUT2D eigenvalue weighted by Gasteiger charge is -2.33. The monoisotopic (exact) mass is 556 g/mol. The Balaban J connectivity index is 1.67. The number of benzene rings is 2. The van der Waals surface area contributed by atoms with Gasteiger partial charge in [0.15, 0.2) is 0 Å². The standard InChI is InChI=1S/C39H56O2/c1-4-7-10-13-14-15-16-17-22-33(40)31-34(41)29-32-25-26-36-35-23-18-19-24-37(35)39(38(36)30-32,27-20-11-8-5-2)28-21-12-9-6-3/h4,18-19,23-26,30H,1,5-17,20-22,27-29,31H2,2-3H3. The second-order valence-electron chi connectivity index (χ2n) is 12.5. The van der Waals surface area contributed by atoms with Gasteiger partial charge in [0.25, 0.3) is 0 Å². The van der Waals surface area contributed by atoms with Gasteiger partial charge in [-0.2, -0.15) is 0 Å². The van der Waals surface area contributed by atoms with E-state index in [1.807, 2.05) is 6.08 Å². The molecule has 0 bridgehead atoms. The first kappa shape index (κ1) is 33.0. The van der Waals surface area contributed by atoms with E-state index >= 15 is 0 Å². The maximum absolute atomic E-state index is 13.0. The highest BCUT2D eigenvalue weighted by molar-refractivity contribution is 6.00. The van der Waals surface area contributed by atoms with Gasteiger partial charge in [-0.3, -0.25) is 9.59 Å². The average Bonchev–Trinajstić information content (AvgIpc) is 3.24. The minimum atomic E-state index is 0.0357. The first-order valence-corrected chi connectivity index (χ1v) is 16.9. The van der Waals surface area contributed by atoms with Crippen molar-refractivity contribution in [1.82, 2.24) is 0 Å². The molecule has 0 saturated heterocycles. The molecule has 0 aliphatic heterocycles.